The molecule has 0 radical (unpaired) electrons. The highest BCUT2D eigenvalue weighted by molar-refractivity contribution is 5.94. The first kappa shape index (κ1) is 15.2. The Bertz CT molecular complexity index is 808. The van der Waals surface area contributed by atoms with E-state index in [4.69, 9.17) is 0 Å². The first-order chi connectivity index (χ1) is 11.2. The lowest BCUT2D eigenvalue weighted by Crippen LogP contribution is -2.26. The van der Waals surface area contributed by atoms with Crippen LogP contribution in [0.4, 0.5) is 0 Å². The molecule has 0 unspecified atom stereocenters. The number of carbonyl (C=O) groups excluding carboxylic acids is 1. The highest BCUT2D eigenvalue weighted by Gasteiger charge is 2.14. The van der Waals surface area contributed by atoms with Gasteiger partial charge in [-0.05, 0) is 38.1 Å². The molecule has 0 aliphatic heterocycles. The average Bonchev–Trinajstić information content (AvgIpc) is 2.94. The quantitative estimate of drug-likeness (QED) is 0.788. The fraction of sp³-hybridized carbons (Fsp3) is 0.278. The molecule has 0 atom stereocenters. The number of hydrogen-bond donors (Lipinski definition) is 1. The summed E-state index contributed by atoms with van der Waals surface area (Å²) in [6.07, 6.45) is 2.46. The van der Waals surface area contributed by atoms with Crippen molar-refractivity contribution >= 4 is 17.1 Å². The summed E-state index contributed by atoms with van der Waals surface area (Å²) < 4.78 is 2.13. The number of fused-ring (bicyclic) bond motifs is 1. The average molecular weight is 308 g/mol. The fourth-order valence-corrected chi connectivity index (χ4v) is 2.67. The van der Waals surface area contributed by atoms with Crippen LogP contribution in [-0.2, 0) is 6.42 Å². The summed E-state index contributed by atoms with van der Waals surface area (Å²) in [6, 6.07) is 13.4. The molecule has 0 spiro atoms. The monoisotopic (exact) mass is 308 g/mol. The Morgan fingerprint density at radius 2 is 1.96 bits per heavy atom. The fourth-order valence-electron chi connectivity index (χ4n) is 2.67. The smallest absolute Gasteiger partial charge is 0.251 e. The van der Waals surface area contributed by atoms with E-state index in [1.165, 1.54) is 0 Å². The first-order valence-electron chi connectivity index (χ1n) is 7.82. The zero-order valence-corrected chi connectivity index (χ0v) is 13.4. The molecule has 0 aliphatic carbocycles. The summed E-state index contributed by atoms with van der Waals surface area (Å²) in [4.78, 5) is 21.2. The van der Waals surface area contributed by atoms with Crippen LogP contribution in [0.2, 0.25) is 0 Å². The van der Waals surface area contributed by atoms with Gasteiger partial charge >= 0.3 is 0 Å². The third kappa shape index (κ3) is 3.23. The largest absolute Gasteiger partial charge is 0.352 e. The van der Waals surface area contributed by atoms with Crippen LogP contribution < -0.4 is 5.32 Å². The van der Waals surface area contributed by atoms with Crippen LogP contribution >= 0.6 is 0 Å². The number of imidazole rings is 1. The number of hydrogen-bond acceptors (Lipinski definition) is 3. The number of amides is 1. The summed E-state index contributed by atoms with van der Waals surface area (Å²) in [7, 11) is 0. The van der Waals surface area contributed by atoms with E-state index in [2.05, 4.69) is 33.7 Å². The Balaban J connectivity index is 1.72. The van der Waals surface area contributed by atoms with Gasteiger partial charge in [-0.1, -0.05) is 18.2 Å². The number of nitrogens with one attached hydrogen (secondary N) is 1. The Labute approximate surface area is 135 Å². The molecule has 2 aromatic heterocycles. The maximum atomic E-state index is 12.1. The second-order valence-electron chi connectivity index (χ2n) is 5.71. The SMILES string of the molecule is CC(C)n1c(CCNC(=O)c2ccccc2)nc2cccnc21. The van der Waals surface area contributed by atoms with E-state index in [1.54, 1.807) is 6.20 Å². The van der Waals surface area contributed by atoms with Crippen molar-refractivity contribution in [3.63, 3.8) is 0 Å². The van der Waals surface area contributed by atoms with Gasteiger partial charge in [0.15, 0.2) is 5.65 Å². The zero-order valence-electron chi connectivity index (χ0n) is 13.4. The van der Waals surface area contributed by atoms with Gasteiger partial charge in [0.25, 0.3) is 5.91 Å². The van der Waals surface area contributed by atoms with Crippen molar-refractivity contribution in [2.45, 2.75) is 26.3 Å². The zero-order chi connectivity index (χ0) is 16.2. The third-order valence-electron chi connectivity index (χ3n) is 3.71. The predicted octanol–water partition coefficient (Wildman–Crippen LogP) is 2.98. The minimum atomic E-state index is -0.0593. The van der Waals surface area contributed by atoms with Crippen LogP contribution in [-0.4, -0.2) is 27.0 Å². The Morgan fingerprint density at radius 3 is 2.70 bits per heavy atom. The van der Waals surface area contributed by atoms with Gasteiger partial charge in [0, 0.05) is 30.8 Å². The van der Waals surface area contributed by atoms with E-state index >= 15 is 0 Å². The number of pyridine rings is 1. The van der Waals surface area contributed by atoms with E-state index in [9.17, 15) is 4.79 Å². The second-order valence-corrected chi connectivity index (χ2v) is 5.71. The Morgan fingerprint density at radius 1 is 1.17 bits per heavy atom. The molecule has 5 nitrogen and oxygen atoms in total. The first-order valence-corrected chi connectivity index (χ1v) is 7.82. The number of nitrogens with zero attached hydrogens (tertiary/aromatic N) is 3. The summed E-state index contributed by atoms with van der Waals surface area (Å²) >= 11 is 0. The number of carbonyl (C=O) groups is 1. The van der Waals surface area contributed by atoms with Crippen molar-refractivity contribution in [1.29, 1.82) is 0 Å². The number of rotatable bonds is 5. The Kier molecular flexibility index (Phi) is 4.37. The molecule has 1 N–H and O–H groups in total. The summed E-state index contributed by atoms with van der Waals surface area (Å²) in [5.74, 6) is 0.887. The van der Waals surface area contributed by atoms with Crippen LogP contribution in [0.25, 0.3) is 11.2 Å². The molecule has 3 aromatic rings. The molecule has 2 heterocycles. The van der Waals surface area contributed by atoms with E-state index in [0.717, 1.165) is 17.0 Å². The topological polar surface area (TPSA) is 59.8 Å². The molecule has 23 heavy (non-hydrogen) atoms. The highest BCUT2D eigenvalue weighted by atomic mass is 16.1. The summed E-state index contributed by atoms with van der Waals surface area (Å²) in [5, 5.41) is 2.95. The van der Waals surface area contributed by atoms with Gasteiger partial charge in [0.05, 0.1) is 0 Å². The van der Waals surface area contributed by atoms with Gasteiger partial charge in [-0.15, -0.1) is 0 Å². The van der Waals surface area contributed by atoms with Gasteiger partial charge in [0.1, 0.15) is 11.3 Å². The highest BCUT2D eigenvalue weighted by Crippen LogP contribution is 2.19. The van der Waals surface area contributed by atoms with Gasteiger partial charge in [-0.2, -0.15) is 0 Å². The number of benzene rings is 1. The van der Waals surface area contributed by atoms with Gasteiger partial charge < -0.3 is 9.88 Å². The summed E-state index contributed by atoms with van der Waals surface area (Å²) in [5.41, 5.74) is 2.46. The van der Waals surface area contributed by atoms with Crippen molar-refractivity contribution in [3.05, 3.63) is 60.0 Å². The molecular weight excluding hydrogens is 288 g/mol. The van der Waals surface area contributed by atoms with Crippen molar-refractivity contribution in [2.75, 3.05) is 6.54 Å². The molecule has 0 saturated carbocycles. The third-order valence-corrected chi connectivity index (χ3v) is 3.71. The lowest BCUT2D eigenvalue weighted by Gasteiger charge is -2.12. The molecule has 0 aliphatic rings. The molecule has 3 rings (SSSR count). The van der Waals surface area contributed by atoms with E-state index in [0.29, 0.717) is 18.5 Å². The van der Waals surface area contributed by atoms with Gasteiger partial charge in [0.2, 0.25) is 0 Å². The summed E-state index contributed by atoms with van der Waals surface area (Å²) in [6.45, 7) is 4.77. The molecule has 1 aromatic carbocycles. The molecule has 0 bridgehead atoms. The van der Waals surface area contributed by atoms with Crippen molar-refractivity contribution in [2.24, 2.45) is 0 Å². The normalized spacial score (nSPS) is 11.1. The van der Waals surface area contributed by atoms with Crippen molar-refractivity contribution < 1.29 is 4.79 Å². The van der Waals surface area contributed by atoms with E-state index < -0.39 is 0 Å². The van der Waals surface area contributed by atoms with E-state index in [-0.39, 0.29) is 11.9 Å². The van der Waals surface area contributed by atoms with Crippen LogP contribution in [0.5, 0.6) is 0 Å². The van der Waals surface area contributed by atoms with Crippen LogP contribution in [0.1, 0.15) is 36.1 Å². The van der Waals surface area contributed by atoms with Crippen LogP contribution in [0.15, 0.2) is 48.7 Å². The second kappa shape index (κ2) is 6.60. The molecule has 0 fully saturated rings. The lowest BCUT2D eigenvalue weighted by atomic mass is 10.2. The van der Waals surface area contributed by atoms with Gasteiger partial charge in [-0.25, -0.2) is 9.97 Å². The maximum Gasteiger partial charge on any atom is 0.251 e. The van der Waals surface area contributed by atoms with Crippen LogP contribution in [0, 0.1) is 0 Å². The van der Waals surface area contributed by atoms with Gasteiger partial charge in [-0.3, -0.25) is 4.79 Å². The predicted molar refractivity (Wildman–Crippen MR) is 90.4 cm³/mol. The minimum absolute atomic E-state index is 0.0593. The molecule has 0 saturated heterocycles. The maximum absolute atomic E-state index is 12.1. The van der Waals surface area contributed by atoms with E-state index in [1.807, 2.05) is 42.5 Å². The molecule has 1 amide bonds. The number of aromatic nitrogens is 3. The van der Waals surface area contributed by atoms with Crippen molar-refractivity contribution in [1.82, 2.24) is 19.9 Å². The Hall–Kier alpha value is -2.69. The molecule has 5 heteroatoms. The standard InChI is InChI=1S/C18H20N4O/c1-13(2)22-16(21-15-9-6-11-19-17(15)22)10-12-20-18(23)14-7-4-3-5-8-14/h3-9,11,13H,10,12H2,1-2H3,(H,20,23). The van der Waals surface area contributed by atoms with Crippen molar-refractivity contribution in [3.8, 4) is 0 Å². The lowest BCUT2D eigenvalue weighted by molar-refractivity contribution is 0.0954. The molecule has 118 valence electrons. The molecular formula is C18H20N4O. The minimum Gasteiger partial charge on any atom is -0.352 e. The van der Waals surface area contributed by atoms with Crippen LogP contribution in [0.3, 0.4) is 0 Å².